The predicted octanol–water partition coefficient (Wildman–Crippen LogP) is 3.03. The summed E-state index contributed by atoms with van der Waals surface area (Å²) in [6.45, 7) is -0.132. The lowest BCUT2D eigenvalue weighted by molar-refractivity contribution is -0.141. The minimum atomic E-state index is -4.62. The number of nitrogens with zero attached hydrogens (tertiary/aromatic N) is 3. The molecule has 0 aliphatic heterocycles. The molecule has 1 aromatic carbocycles. The predicted molar refractivity (Wildman–Crippen MR) is 109 cm³/mol. The SMILES string of the molecule is CN.O=CCOc1cc(C(F)(F)F)nn1-c1ccccc1Cl.OCCCc1cnc[nH]1. The number of carbonyl (C=O) groups excluding carboxylic acids is 1. The number of H-pyrrole nitrogens is 1. The Bertz CT molecular complexity index is 902. The Morgan fingerprint density at radius 1 is 1.32 bits per heavy atom. The van der Waals surface area contributed by atoms with Crippen LogP contribution in [0.5, 0.6) is 5.88 Å². The molecule has 0 amide bonds. The van der Waals surface area contributed by atoms with Crippen LogP contribution in [0.3, 0.4) is 0 Å². The van der Waals surface area contributed by atoms with Crippen molar-refractivity contribution in [3.05, 3.63) is 59.3 Å². The maximum absolute atomic E-state index is 12.7. The van der Waals surface area contributed by atoms with Crippen LogP contribution in [0.4, 0.5) is 13.2 Å². The standard InChI is InChI=1S/C12H8ClF3N2O2.C6H10N2O.CH5N/c13-8-3-1-2-4-9(8)18-11(20-6-5-19)7-10(17-18)12(14,15)16;9-3-1-2-6-4-7-5-8-6;1-2/h1-5,7H,6H2;4-5,9H,1-3H2,(H,7,8);2H2,1H3. The van der Waals surface area contributed by atoms with Gasteiger partial charge in [0.15, 0.2) is 12.0 Å². The van der Waals surface area contributed by atoms with Gasteiger partial charge in [-0.25, -0.2) is 4.98 Å². The molecule has 12 heteroatoms. The minimum absolute atomic E-state index is 0.209. The van der Waals surface area contributed by atoms with Crippen LogP contribution >= 0.6 is 11.6 Å². The zero-order valence-electron chi connectivity index (χ0n) is 16.6. The Kier molecular flexibility index (Phi) is 11.3. The molecule has 0 aliphatic carbocycles. The first-order valence-electron chi connectivity index (χ1n) is 9.01. The lowest BCUT2D eigenvalue weighted by Gasteiger charge is -2.08. The Morgan fingerprint density at radius 2 is 2.03 bits per heavy atom. The molecule has 3 aromatic rings. The molecular weight excluding hydrogens is 439 g/mol. The van der Waals surface area contributed by atoms with E-state index < -0.39 is 11.9 Å². The number of carbonyl (C=O) groups is 1. The van der Waals surface area contributed by atoms with E-state index in [1.165, 1.54) is 19.2 Å². The molecule has 0 bridgehead atoms. The molecule has 0 saturated carbocycles. The van der Waals surface area contributed by atoms with Gasteiger partial charge in [-0.1, -0.05) is 23.7 Å². The number of benzene rings is 1. The number of aliphatic hydroxyl groups excluding tert-OH is 1. The minimum Gasteiger partial charge on any atom is -0.470 e. The third-order valence-corrected chi connectivity index (χ3v) is 3.83. The number of halogens is 4. The molecule has 0 fully saturated rings. The highest BCUT2D eigenvalue weighted by molar-refractivity contribution is 6.32. The number of aldehydes is 1. The zero-order chi connectivity index (χ0) is 23.3. The van der Waals surface area contributed by atoms with E-state index in [0.717, 1.165) is 23.2 Å². The first-order valence-corrected chi connectivity index (χ1v) is 9.39. The summed E-state index contributed by atoms with van der Waals surface area (Å²) in [5.74, 6) is -0.211. The summed E-state index contributed by atoms with van der Waals surface area (Å²) in [6, 6.07) is 6.94. The number of hydrogen-bond acceptors (Lipinski definition) is 6. The molecule has 0 radical (unpaired) electrons. The van der Waals surface area contributed by atoms with Crippen molar-refractivity contribution in [3.8, 4) is 11.6 Å². The highest BCUT2D eigenvalue weighted by atomic mass is 35.5. The van der Waals surface area contributed by atoms with Gasteiger partial charge in [-0.15, -0.1) is 0 Å². The van der Waals surface area contributed by atoms with Gasteiger partial charge in [0.25, 0.3) is 0 Å². The molecule has 0 aliphatic rings. The number of aliphatic hydroxyl groups is 1. The number of nitrogens with one attached hydrogen (secondary N) is 1. The van der Waals surface area contributed by atoms with Crippen LogP contribution in [-0.4, -0.2) is 51.4 Å². The second-order valence-corrected chi connectivity index (χ2v) is 6.02. The van der Waals surface area contributed by atoms with Gasteiger partial charge in [0.05, 0.1) is 17.0 Å². The normalized spacial score (nSPS) is 10.4. The third-order valence-electron chi connectivity index (χ3n) is 3.51. The Labute approximate surface area is 181 Å². The maximum atomic E-state index is 12.7. The Hall–Kier alpha value is -2.89. The molecule has 0 saturated heterocycles. The number of nitrogens with two attached hydrogens (primary N) is 1. The van der Waals surface area contributed by atoms with Crippen LogP contribution in [0.2, 0.25) is 5.02 Å². The van der Waals surface area contributed by atoms with Crippen molar-refractivity contribution in [1.29, 1.82) is 0 Å². The number of aromatic nitrogens is 4. The monoisotopic (exact) mass is 461 g/mol. The van der Waals surface area contributed by atoms with Crippen molar-refractivity contribution in [2.45, 2.75) is 19.0 Å². The summed E-state index contributed by atoms with van der Waals surface area (Å²) in [5.41, 5.74) is 4.69. The average Bonchev–Trinajstić information content (AvgIpc) is 3.43. The van der Waals surface area contributed by atoms with Crippen LogP contribution in [0.25, 0.3) is 5.69 Å². The van der Waals surface area contributed by atoms with E-state index in [1.807, 2.05) is 0 Å². The number of ether oxygens (including phenoxy) is 1. The molecular formula is C19H23ClF3N5O3. The number of imidazole rings is 1. The smallest absolute Gasteiger partial charge is 0.435 e. The van der Waals surface area contributed by atoms with Crippen LogP contribution in [-0.2, 0) is 17.4 Å². The summed E-state index contributed by atoms with van der Waals surface area (Å²) in [6.07, 6.45) is 0.921. The van der Waals surface area contributed by atoms with Gasteiger partial charge < -0.3 is 20.6 Å². The van der Waals surface area contributed by atoms with E-state index in [0.29, 0.717) is 12.4 Å². The second-order valence-electron chi connectivity index (χ2n) is 5.61. The van der Waals surface area contributed by atoms with Crippen molar-refractivity contribution in [2.75, 3.05) is 20.3 Å². The van der Waals surface area contributed by atoms with Gasteiger partial charge in [0, 0.05) is 24.6 Å². The van der Waals surface area contributed by atoms with Gasteiger partial charge >= 0.3 is 6.18 Å². The third kappa shape index (κ3) is 8.40. The van der Waals surface area contributed by atoms with E-state index in [2.05, 4.69) is 20.8 Å². The summed E-state index contributed by atoms with van der Waals surface area (Å²) in [4.78, 5) is 17.1. The van der Waals surface area contributed by atoms with E-state index in [1.54, 1.807) is 24.7 Å². The van der Waals surface area contributed by atoms with E-state index >= 15 is 0 Å². The molecule has 0 unspecified atom stereocenters. The second kappa shape index (κ2) is 13.4. The van der Waals surface area contributed by atoms with Crippen LogP contribution in [0.15, 0.2) is 42.9 Å². The summed E-state index contributed by atoms with van der Waals surface area (Å²) in [7, 11) is 1.50. The van der Waals surface area contributed by atoms with Crippen molar-refractivity contribution >= 4 is 17.9 Å². The molecule has 2 heterocycles. The number of hydrogen-bond donors (Lipinski definition) is 3. The zero-order valence-corrected chi connectivity index (χ0v) is 17.4. The van der Waals surface area contributed by atoms with Crippen molar-refractivity contribution in [1.82, 2.24) is 19.7 Å². The van der Waals surface area contributed by atoms with Crippen molar-refractivity contribution in [3.63, 3.8) is 0 Å². The molecule has 0 atom stereocenters. The van der Waals surface area contributed by atoms with Crippen molar-refractivity contribution in [2.24, 2.45) is 5.73 Å². The van der Waals surface area contributed by atoms with E-state index in [9.17, 15) is 18.0 Å². The quantitative estimate of drug-likeness (QED) is 0.465. The van der Waals surface area contributed by atoms with Crippen LogP contribution < -0.4 is 10.5 Å². The fraction of sp³-hybridized carbons (Fsp3) is 0.316. The lowest BCUT2D eigenvalue weighted by Crippen LogP contribution is -2.08. The van der Waals surface area contributed by atoms with Gasteiger partial charge in [-0.05, 0) is 32.0 Å². The van der Waals surface area contributed by atoms with Crippen molar-refractivity contribution < 1.29 is 27.8 Å². The summed E-state index contributed by atoms with van der Waals surface area (Å²) in [5, 5.41) is 12.1. The largest absolute Gasteiger partial charge is 0.470 e. The Morgan fingerprint density at radius 3 is 2.58 bits per heavy atom. The fourth-order valence-corrected chi connectivity index (χ4v) is 2.43. The molecule has 8 nitrogen and oxygen atoms in total. The number of aryl methyl sites for hydroxylation is 1. The topological polar surface area (TPSA) is 119 Å². The molecule has 4 N–H and O–H groups in total. The lowest BCUT2D eigenvalue weighted by atomic mass is 10.3. The number of aromatic amines is 1. The number of para-hydroxylation sites is 1. The van der Waals surface area contributed by atoms with Crippen LogP contribution in [0.1, 0.15) is 17.8 Å². The highest BCUT2D eigenvalue weighted by Crippen LogP contribution is 2.33. The first kappa shape index (κ1) is 26.1. The molecule has 31 heavy (non-hydrogen) atoms. The van der Waals surface area contributed by atoms with Gasteiger partial charge in [0.1, 0.15) is 6.61 Å². The van der Waals surface area contributed by atoms with Gasteiger partial charge in [-0.3, -0.25) is 4.79 Å². The van der Waals surface area contributed by atoms with Crippen LogP contribution in [0, 0.1) is 0 Å². The average molecular weight is 462 g/mol. The summed E-state index contributed by atoms with van der Waals surface area (Å²) >= 11 is 5.92. The van der Waals surface area contributed by atoms with E-state index in [-0.39, 0.29) is 29.8 Å². The number of alkyl halides is 3. The molecule has 0 spiro atoms. The molecule has 170 valence electrons. The first-order chi connectivity index (χ1) is 14.9. The summed E-state index contributed by atoms with van der Waals surface area (Å²) < 4.78 is 43.9. The number of rotatable bonds is 7. The Balaban J connectivity index is 0.000000365. The molecule has 3 rings (SSSR count). The van der Waals surface area contributed by atoms with Gasteiger partial charge in [0.2, 0.25) is 5.88 Å². The molecule has 2 aromatic heterocycles. The van der Waals surface area contributed by atoms with E-state index in [4.69, 9.17) is 21.4 Å². The highest BCUT2D eigenvalue weighted by Gasteiger charge is 2.35. The van der Waals surface area contributed by atoms with Gasteiger partial charge in [-0.2, -0.15) is 23.0 Å². The fourth-order valence-electron chi connectivity index (χ4n) is 2.21. The maximum Gasteiger partial charge on any atom is 0.435 e.